The summed E-state index contributed by atoms with van der Waals surface area (Å²) in [5, 5.41) is 6.66. The summed E-state index contributed by atoms with van der Waals surface area (Å²) in [6.45, 7) is 6.41. The zero-order valence-corrected chi connectivity index (χ0v) is 13.7. The van der Waals surface area contributed by atoms with Crippen molar-refractivity contribution in [1.82, 2.24) is 15.5 Å². The van der Waals surface area contributed by atoms with Crippen LogP contribution in [0.5, 0.6) is 0 Å². The van der Waals surface area contributed by atoms with Crippen molar-refractivity contribution in [3.05, 3.63) is 0 Å². The predicted octanol–water partition coefficient (Wildman–Crippen LogP) is 1.13. The average molecular weight is 297 g/mol. The van der Waals surface area contributed by atoms with Gasteiger partial charge in [0.15, 0.2) is 0 Å². The van der Waals surface area contributed by atoms with E-state index in [4.69, 9.17) is 4.74 Å². The summed E-state index contributed by atoms with van der Waals surface area (Å²) in [6.07, 6.45) is 6.07. The molecule has 2 bridgehead atoms. The molecular weight excluding hydrogens is 266 g/mol. The minimum absolute atomic E-state index is 0.0516. The van der Waals surface area contributed by atoms with Crippen molar-refractivity contribution in [3.63, 3.8) is 0 Å². The van der Waals surface area contributed by atoms with Crippen molar-refractivity contribution >= 4 is 5.91 Å². The van der Waals surface area contributed by atoms with E-state index in [1.54, 1.807) is 7.11 Å². The van der Waals surface area contributed by atoms with Gasteiger partial charge in [0, 0.05) is 31.8 Å². The van der Waals surface area contributed by atoms with E-state index in [-0.39, 0.29) is 11.9 Å². The smallest absolute Gasteiger partial charge is 0.237 e. The number of carbonyl (C=O) groups excluding carboxylic acids is 1. The quantitative estimate of drug-likeness (QED) is 0.660. The molecule has 5 heteroatoms. The normalized spacial score (nSPS) is 29.6. The highest BCUT2D eigenvalue weighted by atomic mass is 16.5. The summed E-state index contributed by atoms with van der Waals surface area (Å²) in [6, 6.07) is 1.82. The van der Waals surface area contributed by atoms with Crippen molar-refractivity contribution in [1.29, 1.82) is 0 Å². The molecule has 2 saturated heterocycles. The van der Waals surface area contributed by atoms with Gasteiger partial charge in [-0.1, -0.05) is 6.92 Å². The Morgan fingerprint density at radius 3 is 2.62 bits per heavy atom. The van der Waals surface area contributed by atoms with E-state index in [0.29, 0.717) is 31.3 Å². The molecule has 0 aromatic carbocycles. The fraction of sp³-hybridized carbons (Fsp3) is 0.938. The topological polar surface area (TPSA) is 53.6 Å². The number of amides is 1. The molecule has 2 fully saturated rings. The van der Waals surface area contributed by atoms with Gasteiger partial charge in [-0.25, -0.2) is 0 Å². The summed E-state index contributed by atoms with van der Waals surface area (Å²) in [5.41, 5.74) is 0. The van der Waals surface area contributed by atoms with Gasteiger partial charge < -0.3 is 15.4 Å². The van der Waals surface area contributed by atoms with Crippen LogP contribution in [0.2, 0.25) is 0 Å². The van der Waals surface area contributed by atoms with E-state index in [1.807, 2.05) is 6.92 Å². The summed E-state index contributed by atoms with van der Waals surface area (Å²) in [5.74, 6) is 0.131. The first-order valence-corrected chi connectivity index (χ1v) is 8.44. The molecule has 3 unspecified atom stereocenters. The first-order valence-electron chi connectivity index (χ1n) is 8.44. The van der Waals surface area contributed by atoms with E-state index < -0.39 is 0 Å². The van der Waals surface area contributed by atoms with Gasteiger partial charge in [0.2, 0.25) is 5.91 Å². The number of piperidine rings is 1. The van der Waals surface area contributed by atoms with Gasteiger partial charge in [-0.15, -0.1) is 0 Å². The molecular formula is C16H31N3O2. The Morgan fingerprint density at radius 2 is 2.05 bits per heavy atom. The Labute approximate surface area is 128 Å². The first kappa shape index (κ1) is 16.7. The average Bonchev–Trinajstić information content (AvgIpc) is 2.82. The number of fused-ring (bicyclic) bond motifs is 2. The Morgan fingerprint density at radius 1 is 1.38 bits per heavy atom. The molecule has 3 atom stereocenters. The molecule has 2 aliphatic rings. The monoisotopic (exact) mass is 297 g/mol. The molecule has 1 amide bonds. The van der Waals surface area contributed by atoms with E-state index in [1.165, 1.54) is 25.7 Å². The summed E-state index contributed by atoms with van der Waals surface area (Å²) in [7, 11) is 1.66. The molecule has 122 valence electrons. The Bertz CT molecular complexity index is 325. The van der Waals surface area contributed by atoms with E-state index in [2.05, 4.69) is 22.5 Å². The van der Waals surface area contributed by atoms with Gasteiger partial charge in [-0.3, -0.25) is 9.69 Å². The number of rotatable bonds is 8. The van der Waals surface area contributed by atoms with Gasteiger partial charge in [0.1, 0.15) is 0 Å². The maximum Gasteiger partial charge on any atom is 0.237 e. The second kappa shape index (κ2) is 8.11. The molecule has 0 aliphatic carbocycles. The van der Waals surface area contributed by atoms with Crippen LogP contribution >= 0.6 is 0 Å². The number of ether oxygens (including phenoxy) is 1. The molecule has 2 heterocycles. The highest BCUT2D eigenvalue weighted by molar-refractivity contribution is 5.81. The van der Waals surface area contributed by atoms with Gasteiger partial charge in [0.05, 0.1) is 12.6 Å². The number of carbonyl (C=O) groups is 1. The van der Waals surface area contributed by atoms with Crippen LogP contribution in [0.25, 0.3) is 0 Å². The zero-order valence-electron chi connectivity index (χ0n) is 13.7. The molecule has 2 rings (SSSR count). The molecule has 5 nitrogen and oxygen atoms in total. The van der Waals surface area contributed by atoms with E-state index >= 15 is 0 Å². The van der Waals surface area contributed by atoms with Crippen molar-refractivity contribution in [2.24, 2.45) is 0 Å². The highest BCUT2D eigenvalue weighted by Gasteiger charge is 2.38. The molecule has 0 aromatic rings. The predicted molar refractivity (Wildman–Crippen MR) is 84.3 cm³/mol. The van der Waals surface area contributed by atoms with Crippen LogP contribution in [0.15, 0.2) is 0 Å². The van der Waals surface area contributed by atoms with Crippen LogP contribution < -0.4 is 10.6 Å². The van der Waals surface area contributed by atoms with Gasteiger partial charge >= 0.3 is 0 Å². The Hall–Kier alpha value is -0.650. The van der Waals surface area contributed by atoms with Gasteiger partial charge in [-0.2, -0.15) is 0 Å². The maximum absolute atomic E-state index is 12.3. The molecule has 0 aromatic heterocycles. The SMILES string of the molecule is CCCN(C1CC2CCC(C1)N2)C(C)C(=O)NCCOC. The highest BCUT2D eigenvalue weighted by Crippen LogP contribution is 2.30. The molecule has 21 heavy (non-hydrogen) atoms. The minimum atomic E-state index is -0.0516. The van der Waals surface area contributed by atoms with Gasteiger partial charge in [0.25, 0.3) is 0 Å². The largest absolute Gasteiger partial charge is 0.383 e. The third-order valence-corrected chi connectivity index (χ3v) is 4.88. The number of nitrogens with one attached hydrogen (secondary N) is 2. The van der Waals surface area contributed by atoms with E-state index in [0.717, 1.165) is 13.0 Å². The number of hydrogen-bond acceptors (Lipinski definition) is 4. The number of methoxy groups -OCH3 is 1. The number of hydrogen-bond donors (Lipinski definition) is 2. The Kier molecular flexibility index (Phi) is 6.45. The summed E-state index contributed by atoms with van der Waals surface area (Å²) in [4.78, 5) is 14.8. The third-order valence-electron chi connectivity index (χ3n) is 4.88. The van der Waals surface area contributed by atoms with Crippen LogP contribution in [-0.2, 0) is 9.53 Å². The lowest BCUT2D eigenvalue weighted by Gasteiger charge is -2.40. The summed E-state index contributed by atoms with van der Waals surface area (Å²) >= 11 is 0. The molecule has 0 saturated carbocycles. The van der Waals surface area contributed by atoms with Crippen LogP contribution in [0, 0.1) is 0 Å². The van der Waals surface area contributed by atoms with Crippen LogP contribution in [0.1, 0.15) is 46.0 Å². The van der Waals surface area contributed by atoms with Crippen LogP contribution in [0.4, 0.5) is 0 Å². The third kappa shape index (κ3) is 4.41. The van der Waals surface area contributed by atoms with Crippen molar-refractivity contribution < 1.29 is 9.53 Å². The lowest BCUT2D eigenvalue weighted by Crippen LogP contribution is -2.55. The Balaban J connectivity index is 1.92. The van der Waals surface area contributed by atoms with E-state index in [9.17, 15) is 4.79 Å². The summed E-state index contributed by atoms with van der Waals surface area (Å²) < 4.78 is 5.00. The second-order valence-corrected chi connectivity index (χ2v) is 6.46. The van der Waals surface area contributed by atoms with Crippen LogP contribution in [-0.4, -0.2) is 61.8 Å². The fourth-order valence-electron chi connectivity index (χ4n) is 3.82. The standard InChI is InChI=1S/C16H31N3O2/c1-4-8-19(12(2)16(20)17-7-9-21-3)15-10-13-5-6-14(11-15)18-13/h12-15,18H,4-11H2,1-3H3,(H,17,20). The maximum atomic E-state index is 12.3. The van der Waals surface area contributed by atoms with Crippen LogP contribution in [0.3, 0.4) is 0 Å². The van der Waals surface area contributed by atoms with Crippen molar-refractivity contribution in [3.8, 4) is 0 Å². The fourth-order valence-corrected chi connectivity index (χ4v) is 3.82. The second-order valence-electron chi connectivity index (χ2n) is 6.46. The molecule has 0 spiro atoms. The first-order chi connectivity index (χ1) is 10.2. The van der Waals surface area contributed by atoms with Crippen molar-refractivity contribution in [2.75, 3.05) is 26.8 Å². The lowest BCUT2D eigenvalue weighted by molar-refractivity contribution is -0.127. The molecule has 0 radical (unpaired) electrons. The van der Waals surface area contributed by atoms with Crippen molar-refractivity contribution in [2.45, 2.75) is 70.1 Å². The molecule has 2 aliphatic heterocycles. The number of nitrogens with zero attached hydrogens (tertiary/aromatic N) is 1. The van der Waals surface area contributed by atoms with Gasteiger partial charge in [-0.05, 0) is 45.6 Å². The lowest BCUT2D eigenvalue weighted by atomic mass is 9.96. The minimum Gasteiger partial charge on any atom is -0.383 e. The molecule has 2 N–H and O–H groups in total. The zero-order chi connectivity index (χ0) is 15.2.